The average molecular weight is 349 g/mol. The SMILES string of the molecule is CCNC(c1ccc(Cl)s1)c1cc(Br)ccc1F. The predicted molar refractivity (Wildman–Crippen MR) is 78.9 cm³/mol. The number of halogens is 3. The molecule has 2 rings (SSSR count). The lowest BCUT2D eigenvalue weighted by Gasteiger charge is -2.18. The van der Waals surface area contributed by atoms with E-state index < -0.39 is 0 Å². The van der Waals surface area contributed by atoms with Crippen molar-refractivity contribution in [2.45, 2.75) is 13.0 Å². The van der Waals surface area contributed by atoms with Gasteiger partial charge in [0, 0.05) is 14.9 Å². The number of thiophene rings is 1. The number of hydrogen-bond donors (Lipinski definition) is 1. The van der Waals surface area contributed by atoms with E-state index in [-0.39, 0.29) is 11.9 Å². The van der Waals surface area contributed by atoms with Gasteiger partial charge in [-0.25, -0.2) is 4.39 Å². The monoisotopic (exact) mass is 347 g/mol. The van der Waals surface area contributed by atoms with Crippen LogP contribution >= 0.6 is 38.9 Å². The van der Waals surface area contributed by atoms with Crippen LogP contribution in [-0.4, -0.2) is 6.54 Å². The average Bonchev–Trinajstić information content (AvgIpc) is 2.76. The van der Waals surface area contributed by atoms with Crippen LogP contribution in [0.1, 0.15) is 23.4 Å². The van der Waals surface area contributed by atoms with Crippen LogP contribution in [0.3, 0.4) is 0 Å². The second-order valence-corrected chi connectivity index (χ2v) is 6.46. The zero-order valence-electron chi connectivity index (χ0n) is 9.71. The molecule has 2 aromatic rings. The molecule has 1 N–H and O–H groups in total. The highest BCUT2D eigenvalue weighted by molar-refractivity contribution is 9.10. The maximum Gasteiger partial charge on any atom is 0.128 e. The van der Waals surface area contributed by atoms with Gasteiger partial charge in [0.1, 0.15) is 5.82 Å². The second kappa shape index (κ2) is 6.15. The standard InChI is InChI=1S/C13H12BrClFNS/c1-2-17-13(11-5-6-12(15)18-11)9-7-8(14)3-4-10(9)16/h3-7,13,17H,2H2,1H3. The van der Waals surface area contributed by atoms with E-state index in [0.717, 1.165) is 15.9 Å². The molecular formula is C13H12BrClFNS. The van der Waals surface area contributed by atoms with Gasteiger partial charge < -0.3 is 5.32 Å². The molecule has 0 fully saturated rings. The Morgan fingerprint density at radius 3 is 2.78 bits per heavy atom. The lowest BCUT2D eigenvalue weighted by molar-refractivity contribution is 0.562. The van der Waals surface area contributed by atoms with Crippen molar-refractivity contribution in [2.24, 2.45) is 0 Å². The Hall–Kier alpha value is -0.420. The largest absolute Gasteiger partial charge is 0.306 e. The van der Waals surface area contributed by atoms with Gasteiger partial charge in [-0.2, -0.15) is 0 Å². The molecule has 0 aliphatic carbocycles. The molecule has 18 heavy (non-hydrogen) atoms. The highest BCUT2D eigenvalue weighted by Crippen LogP contribution is 2.33. The van der Waals surface area contributed by atoms with E-state index in [2.05, 4.69) is 21.2 Å². The summed E-state index contributed by atoms with van der Waals surface area (Å²) in [5.74, 6) is -0.214. The summed E-state index contributed by atoms with van der Waals surface area (Å²) in [5.41, 5.74) is 0.629. The van der Waals surface area contributed by atoms with Crippen LogP contribution in [0.25, 0.3) is 0 Å². The summed E-state index contributed by atoms with van der Waals surface area (Å²) in [6, 6.07) is 8.58. The van der Waals surface area contributed by atoms with Crippen molar-refractivity contribution in [3.05, 3.63) is 55.4 Å². The van der Waals surface area contributed by atoms with E-state index in [1.165, 1.54) is 17.4 Å². The van der Waals surface area contributed by atoms with E-state index in [0.29, 0.717) is 9.90 Å². The summed E-state index contributed by atoms with van der Waals surface area (Å²) in [7, 11) is 0. The Kier molecular flexibility index (Phi) is 4.78. The van der Waals surface area contributed by atoms with Gasteiger partial charge in [0.2, 0.25) is 0 Å². The van der Waals surface area contributed by atoms with Gasteiger partial charge in [-0.15, -0.1) is 11.3 Å². The van der Waals surface area contributed by atoms with E-state index >= 15 is 0 Å². The van der Waals surface area contributed by atoms with Crippen LogP contribution in [0.4, 0.5) is 4.39 Å². The van der Waals surface area contributed by atoms with Crippen molar-refractivity contribution in [2.75, 3.05) is 6.54 Å². The van der Waals surface area contributed by atoms with E-state index in [1.54, 1.807) is 12.1 Å². The van der Waals surface area contributed by atoms with Crippen molar-refractivity contribution in [3.63, 3.8) is 0 Å². The first-order chi connectivity index (χ1) is 8.61. The normalized spacial score (nSPS) is 12.7. The first-order valence-corrected chi connectivity index (χ1v) is 7.54. The van der Waals surface area contributed by atoms with Crippen molar-refractivity contribution in [1.82, 2.24) is 5.32 Å². The van der Waals surface area contributed by atoms with Crippen molar-refractivity contribution >= 4 is 38.9 Å². The van der Waals surface area contributed by atoms with Gasteiger partial charge in [0.25, 0.3) is 0 Å². The molecule has 0 spiro atoms. The Morgan fingerprint density at radius 1 is 1.39 bits per heavy atom. The summed E-state index contributed by atoms with van der Waals surface area (Å²) in [4.78, 5) is 1.01. The molecule has 1 aromatic heterocycles. The van der Waals surface area contributed by atoms with Gasteiger partial charge in [-0.3, -0.25) is 0 Å². The van der Waals surface area contributed by atoms with Crippen LogP contribution in [0, 0.1) is 5.82 Å². The maximum absolute atomic E-state index is 13.9. The summed E-state index contributed by atoms with van der Waals surface area (Å²) < 4.78 is 15.5. The summed E-state index contributed by atoms with van der Waals surface area (Å²) in [6.45, 7) is 2.75. The smallest absolute Gasteiger partial charge is 0.128 e. The quantitative estimate of drug-likeness (QED) is 0.819. The van der Waals surface area contributed by atoms with Crippen LogP contribution in [0.2, 0.25) is 4.34 Å². The molecule has 0 aliphatic heterocycles. The molecule has 0 saturated heterocycles. The molecule has 1 aromatic carbocycles. The predicted octanol–water partition coefficient (Wildman–Crippen LogP) is 5.00. The first-order valence-electron chi connectivity index (χ1n) is 5.55. The Balaban J connectivity index is 2.44. The second-order valence-electron chi connectivity index (χ2n) is 3.80. The topological polar surface area (TPSA) is 12.0 Å². The molecule has 0 amide bonds. The van der Waals surface area contributed by atoms with E-state index in [9.17, 15) is 4.39 Å². The maximum atomic E-state index is 13.9. The molecule has 0 bridgehead atoms. The number of benzene rings is 1. The van der Waals surface area contributed by atoms with Crippen molar-refractivity contribution in [3.8, 4) is 0 Å². The number of rotatable bonds is 4. The summed E-state index contributed by atoms with van der Waals surface area (Å²) >= 11 is 10.8. The van der Waals surface area contributed by atoms with Crippen LogP contribution in [0.15, 0.2) is 34.8 Å². The third-order valence-electron chi connectivity index (χ3n) is 2.56. The van der Waals surface area contributed by atoms with E-state index in [4.69, 9.17) is 11.6 Å². The minimum atomic E-state index is -0.214. The third-order valence-corrected chi connectivity index (χ3v) is 4.35. The minimum Gasteiger partial charge on any atom is -0.306 e. The van der Waals surface area contributed by atoms with Crippen LogP contribution < -0.4 is 5.32 Å². The molecule has 0 saturated carbocycles. The first kappa shape index (κ1) is 14.0. The number of nitrogens with one attached hydrogen (secondary N) is 1. The molecule has 1 nitrogen and oxygen atoms in total. The van der Waals surface area contributed by atoms with Crippen molar-refractivity contribution < 1.29 is 4.39 Å². The minimum absolute atomic E-state index is 0.162. The highest BCUT2D eigenvalue weighted by atomic mass is 79.9. The molecule has 5 heteroatoms. The van der Waals surface area contributed by atoms with E-state index in [1.807, 2.05) is 19.1 Å². The van der Waals surface area contributed by atoms with Gasteiger partial charge in [0.15, 0.2) is 0 Å². The van der Waals surface area contributed by atoms with Gasteiger partial charge >= 0.3 is 0 Å². The van der Waals surface area contributed by atoms with Crippen LogP contribution in [0.5, 0.6) is 0 Å². The highest BCUT2D eigenvalue weighted by Gasteiger charge is 2.19. The third kappa shape index (κ3) is 3.12. The van der Waals surface area contributed by atoms with Gasteiger partial charge in [-0.1, -0.05) is 34.5 Å². The fraction of sp³-hybridized carbons (Fsp3) is 0.231. The van der Waals surface area contributed by atoms with Crippen LogP contribution in [-0.2, 0) is 0 Å². The molecular weight excluding hydrogens is 337 g/mol. The Bertz CT molecular complexity index is 544. The summed E-state index contributed by atoms with van der Waals surface area (Å²) in [5, 5.41) is 3.29. The fourth-order valence-corrected chi connectivity index (χ4v) is 3.32. The molecule has 1 unspecified atom stereocenters. The zero-order chi connectivity index (χ0) is 13.1. The molecule has 0 aliphatic rings. The fourth-order valence-electron chi connectivity index (χ4n) is 1.79. The lowest BCUT2D eigenvalue weighted by atomic mass is 10.0. The molecule has 1 heterocycles. The Morgan fingerprint density at radius 2 is 2.17 bits per heavy atom. The van der Waals surface area contributed by atoms with Crippen molar-refractivity contribution in [1.29, 1.82) is 0 Å². The molecule has 96 valence electrons. The number of hydrogen-bond acceptors (Lipinski definition) is 2. The lowest BCUT2D eigenvalue weighted by Crippen LogP contribution is -2.22. The molecule has 0 radical (unpaired) electrons. The summed E-state index contributed by atoms with van der Waals surface area (Å²) in [6.07, 6.45) is 0. The zero-order valence-corrected chi connectivity index (χ0v) is 12.9. The van der Waals surface area contributed by atoms with Gasteiger partial charge in [0.05, 0.1) is 10.4 Å². The molecule has 1 atom stereocenters. The van der Waals surface area contributed by atoms with Gasteiger partial charge in [-0.05, 0) is 36.9 Å². The Labute approximate surface area is 123 Å².